The van der Waals surface area contributed by atoms with Gasteiger partial charge in [0, 0.05) is 57.7 Å². The van der Waals surface area contributed by atoms with Crippen molar-refractivity contribution in [1.29, 1.82) is 0 Å². The number of aryl methyl sites for hydroxylation is 1. The van der Waals surface area contributed by atoms with Gasteiger partial charge in [0.2, 0.25) is 0 Å². The van der Waals surface area contributed by atoms with Crippen LogP contribution in [-0.4, -0.2) is 58.4 Å². The van der Waals surface area contributed by atoms with Crippen LogP contribution in [0.2, 0.25) is 5.15 Å². The first kappa shape index (κ1) is 20.4. The number of aromatic nitrogens is 3. The quantitative estimate of drug-likeness (QED) is 0.606. The number of piperazine rings is 1. The Hall–Kier alpha value is -2.84. The molecule has 4 rings (SSSR count). The van der Waals surface area contributed by atoms with Crippen LogP contribution in [0.1, 0.15) is 28.5 Å². The number of H-pyrrole nitrogens is 1. The van der Waals surface area contributed by atoms with Crippen molar-refractivity contribution in [2.24, 2.45) is 0 Å². The molecule has 0 radical (unpaired) electrons. The van der Waals surface area contributed by atoms with Gasteiger partial charge in [-0.15, -0.1) is 0 Å². The van der Waals surface area contributed by atoms with Crippen molar-refractivity contribution in [3.05, 3.63) is 62.9 Å². The predicted molar refractivity (Wildman–Crippen MR) is 118 cm³/mol. The van der Waals surface area contributed by atoms with Crippen molar-refractivity contribution in [2.75, 3.05) is 38.1 Å². The molecule has 0 saturated carbocycles. The number of amides is 1. The molecule has 1 amide bonds. The fraction of sp³-hybridized carbons (Fsp3) is 0.381. The lowest BCUT2D eigenvalue weighted by atomic mass is 10.2. The van der Waals surface area contributed by atoms with Gasteiger partial charge in [0.05, 0.1) is 5.69 Å². The van der Waals surface area contributed by atoms with Gasteiger partial charge in [-0.1, -0.05) is 18.5 Å². The van der Waals surface area contributed by atoms with Crippen molar-refractivity contribution in [1.82, 2.24) is 24.6 Å². The van der Waals surface area contributed by atoms with Crippen LogP contribution in [0.15, 0.2) is 35.4 Å². The number of hydrogen-bond acceptors (Lipinski definition) is 5. The molecule has 3 aromatic heterocycles. The van der Waals surface area contributed by atoms with Gasteiger partial charge in [0.1, 0.15) is 11.3 Å². The Kier molecular flexibility index (Phi) is 5.78. The lowest BCUT2D eigenvalue weighted by molar-refractivity contribution is 0.0958. The summed E-state index contributed by atoms with van der Waals surface area (Å²) in [5, 5.41) is 2.90. The zero-order valence-corrected chi connectivity index (χ0v) is 17.9. The standard InChI is InChI=1S/C21H25ClN6O2/c1-3-15-13-28-12-14(10-18(28)25-20(15)29)11-26-6-8-27(9-7-26)17-5-4-16(21(30)23-2)24-19(17)22/h4-5,10,12-13H,3,6-9,11H2,1-2H3,(H,23,30)(H,25,29). The van der Waals surface area contributed by atoms with Gasteiger partial charge in [-0.3, -0.25) is 14.5 Å². The maximum atomic E-state index is 12.0. The van der Waals surface area contributed by atoms with Crippen LogP contribution < -0.4 is 15.8 Å². The van der Waals surface area contributed by atoms with Gasteiger partial charge in [-0.05, 0) is 30.2 Å². The van der Waals surface area contributed by atoms with Gasteiger partial charge in [0.15, 0.2) is 5.15 Å². The topological polar surface area (TPSA) is 85.7 Å². The predicted octanol–water partition coefficient (Wildman–Crippen LogP) is 1.92. The molecule has 0 spiro atoms. The minimum atomic E-state index is -0.249. The molecule has 1 fully saturated rings. The third-order valence-corrected chi connectivity index (χ3v) is 5.80. The molecule has 8 nitrogen and oxygen atoms in total. The summed E-state index contributed by atoms with van der Waals surface area (Å²) in [5.74, 6) is -0.249. The maximum absolute atomic E-state index is 12.0. The molecule has 3 aromatic rings. The van der Waals surface area contributed by atoms with E-state index in [0.717, 1.165) is 49.6 Å². The highest BCUT2D eigenvalue weighted by atomic mass is 35.5. The smallest absolute Gasteiger partial charge is 0.269 e. The third-order valence-electron chi connectivity index (χ3n) is 5.52. The molecule has 158 valence electrons. The van der Waals surface area contributed by atoms with Crippen molar-refractivity contribution < 1.29 is 4.79 Å². The Morgan fingerprint density at radius 3 is 2.67 bits per heavy atom. The molecule has 2 N–H and O–H groups in total. The summed E-state index contributed by atoms with van der Waals surface area (Å²) in [7, 11) is 1.57. The highest BCUT2D eigenvalue weighted by molar-refractivity contribution is 6.32. The first-order valence-corrected chi connectivity index (χ1v) is 10.4. The second-order valence-corrected chi connectivity index (χ2v) is 7.81. The summed E-state index contributed by atoms with van der Waals surface area (Å²) in [5.41, 5.74) is 3.92. The van der Waals surface area contributed by atoms with E-state index >= 15 is 0 Å². The van der Waals surface area contributed by atoms with Gasteiger partial charge in [-0.2, -0.15) is 0 Å². The number of carbonyl (C=O) groups is 1. The fourth-order valence-corrected chi connectivity index (χ4v) is 4.10. The van der Waals surface area contributed by atoms with Crippen molar-refractivity contribution >= 4 is 28.8 Å². The number of carbonyl (C=O) groups excluding carboxylic acids is 1. The summed E-state index contributed by atoms with van der Waals surface area (Å²) in [6.45, 7) is 6.22. The Bertz CT molecular complexity index is 1130. The number of rotatable bonds is 5. The van der Waals surface area contributed by atoms with Crippen molar-refractivity contribution in [3.63, 3.8) is 0 Å². The number of nitrogens with zero attached hydrogens (tertiary/aromatic N) is 4. The van der Waals surface area contributed by atoms with Crippen LogP contribution in [0, 0.1) is 0 Å². The van der Waals surface area contributed by atoms with E-state index in [1.165, 1.54) is 5.56 Å². The van der Waals surface area contributed by atoms with Gasteiger partial charge >= 0.3 is 0 Å². The van der Waals surface area contributed by atoms with E-state index in [0.29, 0.717) is 17.3 Å². The molecule has 4 heterocycles. The Labute approximate surface area is 179 Å². The largest absolute Gasteiger partial charge is 0.366 e. The first-order valence-electron chi connectivity index (χ1n) is 10.1. The van der Waals surface area contributed by atoms with E-state index in [4.69, 9.17) is 11.6 Å². The van der Waals surface area contributed by atoms with Crippen molar-refractivity contribution in [2.45, 2.75) is 19.9 Å². The number of pyridine rings is 1. The summed E-state index contributed by atoms with van der Waals surface area (Å²) in [6.07, 6.45) is 4.70. The monoisotopic (exact) mass is 428 g/mol. The average molecular weight is 429 g/mol. The number of hydrogen-bond donors (Lipinski definition) is 2. The zero-order chi connectivity index (χ0) is 21.3. The highest BCUT2D eigenvalue weighted by Crippen LogP contribution is 2.25. The molecule has 0 unspecified atom stereocenters. The normalized spacial score (nSPS) is 15.0. The molecular weight excluding hydrogens is 404 g/mol. The molecule has 9 heteroatoms. The molecule has 0 aromatic carbocycles. The third kappa shape index (κ3) is 4.06. The molecule has 30 heavy (non-hydrogen) atoms. The average Bonchev–Trinajstić information content (AvgIpc) is 3.14. The van der Waals surface area contributed by atoms with Gasteiger partial charge in [0.25, 0.3) is 11.5 Å². The first-order chi connectivity index (χ1) is 14.5. The Morgan fingerprint density at radius 1 is 1.23 bits per heavy atom. The van der Waals surface area contributed by atoms with E-state index in [-0.39, 0.29) is 11.5 Å². The minimum absolute atomic E-state index is 0.0174. The Balaban J connectivity index is 1.41. The second kappa shape index (κ2) is 8.49. The molecule has 1 aliphatic rings. The highest BCUT2D eigenvalue weighted by Gasteiger charge is 2.21. The molecule has 0 aliphatic carbocycles. The molecule has 1 saturated heterocycles. The summed E-state index contributed by atoms with van der Waals surface area (Å²) in [4.78, 5) is 35.5. The van der Waals surface area contributed by atoms with E-state index in [1.807, 2.05) is 29.7 Å². The van der Waals surface area contributed by atoms with Crippen LogP contribution in [0.5, 0.6) is 0 Å². The minimum Gasteiger partial charge on any atom is -0.366 e. The number of fused-ring (bicyclic) bond motifs is 1. The van der Waals surface area contributed by atoms with Crippen LogP contribution in [0.4, 0.5) is 5.69 Å². The number of aromatic amines is 1. The number of anilines is 1. The SMILES string of the molecule is CCc1cn2cc(CN3CCN(c4ccc(C(=O)NC)nc4Cl)CC3)cc2[nH]c1=O. The number of halogens is 1. The fourth-order valence-electron chi connectivity index (χ4n) is 3.83. The lowest BCUT2D eigenvalue weighted by Crippen LogP contribution is -2.46. The summed E-state index contributed by atoms with van der Waals surface area (Å²) >= 11 is 6.33. The van der Waals surface area contributed by atoms with Crippen LogP contribution >= 0.6 is 11.6 Å². The van der Waals surface area contributed by atoms with E-state index in [1.54, 1.807) is 13.1 Å². The van der Waals surface area contributed by atoms with E-state index in [9.17, 15) is 9.59 Å². The Morgan fingerprint density at radius 2 is 2.00 bits per heavy atom. The summed E-state index contributed by atoms with van der Waals surface area (Å²) in [6, 6.07) is 5.59. The molecular formula is C21H25ClN6O2. The zero-order valence-electron chi connectivity index (χ0n) is 17.1. The van der Waals surface area contributed by atoms with Crippen LogP contribution in [0.3, 0.4) is 0 Å². The molecule has 1 aliphatic heterocycles. The van der Waals surface area contributed by atoms with Gasteiger partial charge in [-0.25, -0.2) is 4.98 Å². The lowest BCUT2D eigenvalue weighted by Gasteiger charge is -2.36. The van der Waals surface area contributed by atoms with E-state index < -0.39 is 0 Å². The molecule has 0 atom stereocenters. The maximum Gasteiger partial charge on any atom is 0.269 e. The number of nitrogens with one attached hydrogen (secondary N) is 2. The van der Waals surface area contributed by atoms with Crippen molar-refractivity contribution in [3.8, 4) is 0 Å². The molecule has 0 bridgehead atoms. The van der Waals surface area contributed by atoms with Crippen LogP contribution in [0.25, 0.3) is 5.65 Å². The van der Waals surface area contributed by atoms with Gasteiger partial charge < -0.3 is 19.6 Å². The second-order valence-electron chi connectivity index (χ2n) is 7.45. The van der Waals surface area contributed by atoms with Crippen LogP contribution in [-0.2, 0) is 13.0 Å². The summed E-state index contributed by atoms with van der Waals surface area (Å²) < 4.78 is 1.99. The van der Waals surface area contributed by atoms with E-state index in [2.05, 4.69) is 31.3 Å².